The SMILES string of the molecule is CC(Oc1ccc(Br)cc1[C@H](C)N)C(=O)NC1CC1. The monoisotopic (exact) mass is 326 g/mol. The van der Waals surface area contributed by atoms with Crippen LogP contribution in [0.15, 0.2) is 22.7 Å². The third-order valence-corrected chi connectivity index (χ3v) is 3.55. The Hall–Kier alpha value is -1.07. The van der Waals surface area contributed by atoms with Gasteiger partial charge in [-0.15, -0.1) is 0 Å². The van der Waals surface area contributed by atoms with E-state index in [4.69, 9.17) is 10.5 Å². The Balaban J connectivity index is 2.06. The summed E-state index contributed by atoms with van der Waals surface area (Å²) in [5.74, 6) is 0.595. The largest absolute Gasteiger partial charge is 0.481 e. The van der Waals surface area contributed by atoms with Crippen molar-refractivity contribution in [3.63, 3.8) is 0 Å². The van der Waals surface area contributed by atoms with E-state index in [9.17, 15) is 4.79 Å². The number of benzene rings is 1. The maximum atomic E-state index is 11.9. The molecule has 1 aliphatic carbocycles. The normalized spacial score (nSPS) is 17.7. The number of carbonyl (C=O) groups is 1. The molecule has 1 saturated carbocycles. The maximum absolute atomic E-state index is 11.9. The molecule has 2 atom stereocenters. The first-order chi connectivity index (χ1) is 8.97. The van der Waals surface area contributed by atoms with Crippen molar-refractivity contribution >= 4 is 21.8 Å². The summed E-state index contributed by atoms with van der Waals surface area (Å²) in [6, 6.07) is 5.84. The number of ether oxygens (including phenoxy) is 1. The van der Waals surface area contributed by atoms with E-state index in [2.05, 4.69) is 21.2 Å². The molecule has 1 amide bonds. The van der Waals surface area contributed by atoms with Gasteiger partial charge in [-0.2, -0.15) is 0 Å². The lowest BCUT2D eigenvalue weighted by Gasteiger charge is -2.19. The predicted molar refractivity (Wildman–Crippen MR) is 78.0 cm³/mol. The maximum Gasteiger partial charge on any atom is 0.260 e. The molecule has 1 aromatic rings. The van der Waals surface area contributed by atoms with Crippen LogP contribution < -0.4 is 15.8 Å². The molecule has 3 N–H and O–H groups in total. The van der Waals surface area contributed by atoms with Gasteiger partial charge in [-0.1, -0.05) is 15.9 Å². The van der Waals surface area contributed by atoms with E-state index in [0.29, 0.717) is 11.8 Å². The summed E-state index contributed by atoms with van der Waals surface area (Å²) < 4.78 is 6.69. The van der Waals surface area contributed by atoms with E-state index >= 15 is 0 Å². The van der Waals surface area contributed by atoms with E-state index in [1.807, 2.05) is 25.1 Å². The van der Waals surface area contributed by atoms with Gasteiger partial charge in [0, 0.05) is 22.1 Å². The Morgan fingerprint density at radius 1 is 1.47 bits per heavy atom. The number of halogens is 1. The van der Waals surface area contributed by atoms with Crippen LogP contribution in [0.4, 0.5) is 0 Å². The molecule has 1 aromatic carbocycles. The fourth-order valence-electron chi connectivity index (χ4n) is 1.77. The number of rotatable bonds is 5. The van der Waals surface area contributed by atoms with Gasteiger partial charge in [0.15, 0.2) is 6.10 Å². The van der Waals surface area contributed by atoms with Crippen LogP contribution >= 0.6 is 15.9 Å². The van der Waals surface area contributed by atoms with E-state index in [1.54, 1.807) is 6.92 Å². The lowest BCUT2D eigenvalue weighted by molar-refractivity contribution is -0.127. The number of nitrogens with two attached hydrogens (primary N) is 1. The van der Waals surface area contributed by atoms with E-state index in [1.165, 1.54) is 0 Å². The lowest BCUT2D eigenvalue weighted by atomic mass is 10.1. The molecule has 0 spiro atoms. The first-order valence-electron chi connectivity index (χ1n) is 6.49. The minimum absolute atomic E-state index is 0.0685. The van der Waals surface area contributed by atoms with Gasteiger partial charge < -0.3 is 15.8 Å². The van der Waals surface area contributed by atoms with Gasteiger partial charge in [-0.25, -0.2) is 0 Å². The van der Waals surface area contributed by atoms with Crippen molar-refractivity contribution in [2.45, 2.75) is 44.9 Å². The number of hydrogen-bond donors (Lipinski definition) is 2. The molecule has 19 heavy (non-hydrogen) atoms. The first kappa shape index (κ1) is 14.3. The standard InChI is InChI=1S/C14H19BrN2O2/c1-8(16)12-7-10(15)3-6-13(12)19-9(2)14(18)17-11-4-5-11/h3,6-9,11H,4-5,16H2,1-2H3,(H,17,18)/t8-,9?/m0/s1. The second kappa shape index (κ2) is 5.92. The van der Waals surface area contributed by atoms with Crippen molar-refractivity contribution in [2.24, 2.45) is 5.73 Å². The van der Waals surface area contributed by atoms with Crippen LogP contribution in [0.1, 0.15) is 38.3 Å². The van der Waals surface area contributed by atoms with Crippen LogP contribution in [-0.2, 0) is 4.79 Å². The summed E-state index contributed by atoms with van der Waals surface area (Å²) in [7, 11) is 0. The molecule has 4 nitrogen and oxygen atoms in total. The Morgan fingerprint density at radius 3 is 2.74 bits per heavy atom. The third-order valence-electron chi connectivity index (χ3n) is 3.06. The van der Waals surface area contributed by atoms with Gasteiger partial charge in [-0.3, -0.25) is 4.79 Å². The molecule has 1 fully saturated rings. The fraction of sp³-hybridized carbons (Fsp3) is 0.500. The molecule has 1 aliphatic rings. The summed E-state index contributed by atoms with van der Waals surface area (Å²) in [4.78, 5) is 11.9. The fourth-order valence-corrected chi connectivity index (χ4v) is 2.15. The highest BCUT2D eigenvalue weighted by atomic mass is 79.9. The van der Waals surface area contributed by atoms with E-state index in [-0.39, 0.29) is 11.9 Å². The third kappa shape index (κ3) is 3.94. The molecule has 0 radical (unpaired) electrons. The van der Waals surface area contributed by atoms with Gasteiger partial charge in [-0.05, 0) is 44.9 Å². The second-order valence-corrected chi connectivity index (χ2v) is 5.93. The predicted octanol–water partition coefficient (Wildman–Crippen LogP) is 2.51. The Kier molecular flexibility index (Phi) is 4.47. The van der Waals surface area contributed by atoms with Gasteiger partial charge >= 0.3 is 0 Å². The van der Waals surface area contributed by atoms with Crippen molar-refractivity contribution in [1.82, 2.24) is 5.32 Å². The zero-order valence-electron chi connectivity index (χ0n) is 11.2. The van der Waals surface area contributed by atoms with Crippen LogP contribution in [0, 0.1) is 0 Å². The van der Waals surface area contributed by atoms with Crippen LogP contribution in [0.25, 0.3) is 0 Å². The Morgan fingerprint density at radius 2 is 2.16 bits per heavy atom. The first-order valence-corrected chi connectivity index (χ1v) is 7.28. The summed E-state index contributed by atoms with van der Waals surface area (Å²) in [6.45, 7) is 3.65. The van der Waals surface area contributed by atoms with Gasteiger partial charge in [0.2, 0.25) is 0 Å². The molecule has 2 rings (SSSR count). The summed E-state index contributed by atoms with van der Waals surface area (Å²) in [5, 5.41) is 2.93. The molecule has 5 heteroatoms. The highest BCUT2D eigenvalue weighted by molar-refractivity contribution is 9.10. The average molecular weight is 327 g/mol. The molecule has 104 valence electrons. The number of amides is 1. The van der Waals surface area contributed by atoms with Crippen LogP contribution in [0.2, 0.25) is 0 Å². The van der Waals surface area contributed by atoms with Crippen LogP contribution in [0.5, 0.6) is 5.75 Å². The minimum Gasteiger partial charge on any atom is -0.481 e. The number of carbonyl (C=O) groups excluding carboxylic acids is 1. The molecule has 0 aliphatic heterocycles. The quantitative estimate of drug-likeness (QED) is 0.873. The highest BCUT2D eigenvalue weighted by Crippen LogP contribution is 2.28. The van der Waals surface area contributed by atoms with Crippen molar-refractivity contribution in [3.05, 3.63) is 28.2 Å². The molecule has 1 unspecified atom stereocenters. The van der Waals surface area contributed by atoms with E-state index in [0.717, 1.165) is 22.9 Å². The molecule has 0 saturated heterocycles. The van der Waals surface area contributed by atoms with E-state index < -0.39 is 6.10 Å². The minimum atomic E-state index is -0.515. The van der Waals surface area contributed by atoms with Crippen molar-refractivity contribution in [1.29, 1.82) is 0 Å². The van der Waals surface area contributed by atoms with Crippen LogP contribution in [-0.4, -0.2) is 18.1 Å². The molecule has 0 aromatic heterocycles. The van der Waals surface area contributed by atoms with Gasteiger partial charge in [0.05, 0.1) is 0 Å². The van der Waals surface area contributed by atoms with Crippen molar-refractivity contribution in [2.75, 3.05) is 0 Å². The number of nitrogens with one attached hydrogen (secondary N) is 1. The number of hydrogen-bond acceptors (Lipinski definition) is 3. The summed E-state index contributed by atoms with van der Waals surface area (Å²) >= 11 is 3.41. The topological polar surface area (TPSA) is 64.3 Å². The van der Waals surface area contributed by atoms with Gasteiger partial charge in [0.1, 0.15) is 5.75 Å². The van der Waals surface area contributed by atoms with Crippen LogP contribution in [0.3, 0.4) is 0 Å². The molecular formula is C14H19BrN2O2. The highest BCUT2D eigenvalue weighted by Gasteiger charge is 2.26. The Bertz CT molecular complexity index is 473. The van der Waals surface area contributed by atoms with Crippen molar-refractivity contribution < 1.29 is 9.53 Å². The molecule has 0 heterocycles. The zero-order chi connectivity index (χ0) is 14.0. The van der Waals surface area contributed by atoms with Gasteiger partial charge in [0.25, 0.3) is 5.91 Å². The second-order valence-electron chi connectivity index (χ2n) is 5.01. The Labute approximate surface area is 121 Å². The lowest BCUT2D eigenvalue weighted by Crippen LogP contribution is -2.37. The molecule has 0 bridgehead atoms. The average Bonchev–Trinajstić information content (AvgIpc) is 3.14. The summed E-state index contributed by atoms with van der Waals surface area (Å²) in [6.07, 6.45) is 1.63. The van der Waals surface area contributed by atoms with Crippen molar-refractivity contribution in [3.8, 4) is 5.75 Å². The summed E-state index contributed by atoms with van der Waals surface area (Å²) in [5.41, 5.74) is 6.81. The smallest absolute Gasteiger partial charge is 0.260 e. The zero-order valence-corrected chi connectivity index (χ0v) is 12.7. The molecular weight excluding hydrogens is 308 g/mol.